The zero-order valence-corrected chi connectivity index (χ0v) is 8.06. The fourth-order valence-corrected chi connectivity index (χ4v) is 1.50. The molecule has 2 aromatic rings. The predicted molar refractivity (Wildman–Crippen MR) is 51.2 cm³/mol. The van der Waals surface area contributed by atoms with Gasteiger partial charge in [0.25, 0.3) is 0 Å². The number of hydrogen-bond donors (Lipinski definition) is 0. The summed E-state index contributed by atoms with van der Waals surface area (Å²) in [4.78, 5) is 11.0. The van der Waals surface area contributed by atoms with Gasteiger partial charge in [0, 0.05) is 12.3 Å². The molecule has 0 atom stereocenters. The van der Waals surface area contributed by atoms with E-state index in [0.29, 0.717) is 11.0 Å². The maximum atomic E-state index is 12.9. The molecule has 14 heavy (non-hydrogen) atoms. The monoisotopic (exact) mass is 212 g/mol. The Labute approximate surface area is 84.3 Å². The first-order chi connectivity index (χ1) is 6.58. The van der Waals surface area contributed by atoms with Crippen LogP contribution in [0.1, 0.15) is 17.5 Å². The van der Waals surface area contributed by atoms with Crippen LogP contribution >= 0.6 is 11.6 Å². The van der Waals surface area contributed by atoms with Crippen molar-refractivity contribution in [1.29, 1.82) is 0 Å². The lowest BCUT2D eigenvalue weighted by Crippen LogP contribution is -1.85. The van der Waals surface area contributed by atoms with Gasteiger partial charge in [-0.1, -0.05) is 11.6 Å². The molecule has 2 nitrogen and oxygen atoms in total. The molecule has 0 bridgehead atoms. The lowest BCUT2D eigenvalue weighted by atomic mass is 10.2. The van der Waals surface area contributed by atoms with Gasteiger partial charge >= 0.3 is 0 Å². The van der Waals surface area contributed by atoms with E-state index in [1.54, 1.807) is 0 Å². The fraction of sp³-hybridized carbons (Fsp3) is 0.100. The normalized spacial score (nSPS) is 10.8. The van der Waals surface area contributed by atoms with Crippen molar-refractivity contribution < 1.29 is 13.6 Å². The molecule has 1 heterocycles. The van der Waals surface area contributed by atoms with Crippen molar-refractivity contribution in [3.8, 4) is 0 Å². The molecule has 0 saturated carbocycles. The number of ketones is 1. The van der Waals surface area contributed by atoms with Gasteiger partial charge in [0.2, 0.25) is 0 Å². The number of rotatable bonds is 1. The number of halogens is 2. The third-order valence-corrected chi connectivity index (χ3v) is 2.16. The first-order valence-corrected chi connectivity index (χ1v) is 4.35. The first-order valence-electron chi connectivity index (χ1n) is 3.97. The highest BCUT2D eigenvalue weighted by Gasteiger charge is 2.11. The summed E-state index contributed by atoms with van der Waals surface area (Å²) in [6.45, 7) is 1.38. The number of hydrogen-bond acceptors (Lipinski definition) is 2. The van der Waals surface area contributed by atoms with Crippen LogP contribution in [0, 0.1) is 5.82 Å². The molecule has 0 N–H and O–H groups in total. The zero-order chi connectivity index (χ0) is 10.3. The highest BCUT2D eigenvalue weighted by atomic mass is 35.5. The Balaban J connectivity index is 2.76. The number of furan rings is 1. The van der Waals surface area contributed by atoms with E-state index in [-0.39, 0.29) is 16.6 Å². The number of fused-ring (bicyclic) bond motifs is 1. The van der Waals surface area contributed by atoms with Crippen LogP contribution in [0.4, 0.5) is 4.39 Å². The van der Waals surface area contributed by atoms with Crippen LogP contribution in [0.25, 0.3) is 11.0 Å². The van der Waals surface area contributed by atoms with Crippen LogP contribution in [0.5, 0.6) is 0 Å². The molecule has 1 aromatic heterocycles. The van der Waals surface area contributed by atoms with Crippen LogP contribution < -0.4 is 0 Å². The van der Waals surface area contributed by atoms with Gasteiger partial charge in [-0.15, -0.1) is 0 Å². The van der Waals surface area contributed by atoms with Crippen LogP contribution in [-0.4, -0.2) is 5.78 Å². The second kappa shape index (κ2) is 3.10. The summed E-state index contributed by atoms with van der Waals surface area (Å²) < 4.78 is 18.1. The molecule has 0 fully saturated rings. The van der Waals surface area contributed by atoms with Gasteiger partial charge in [-0.25, -0.2) is 4.39 Å². The molecular formula is C10H6ClFO2. The van der Waals surface area contributed by atoms with Crippen LogP contribution in [0.15, 0.2) is 22.6 Å². The quantitative estimate of drug-likeness (QED) is 0.678. The second-order valence-corrected chi connectivity index (χ2v) is 3.38. The van der Waals surface area contributed by atoms with Crippen molar-refractivity contribution in [2.75, 3.05) is 0 Å². The first kappa shape index (κ1) is 9.21. The van der Waals surface area contributed by atoms with Gasteiger partial charge in [0.05, 0.1) is 5.02 Å². The minimum Gasteiger partial charge on any atom is -0.451 e. The molecule has 0 amide bonds. The van der Waals surface area contributed by atoms with Gasteiger partial charge in [0.15, 0.2) is 17.1 Å². The highest BCUT2D eigenvalue weighted by Crippen LogP contribution is 2.28. The van der Waals surface area contributed by atoms with Crippen molar-refractivity contribution in [3.63, 3.8) is 0 Å². The molecule has 2 rings (SSSR count). The summed E-state index contributed by atoms with van der Waals surface area (Å²) >= 11 is 5.74. The van der Waals surface area contributed by atoms with E-state index < -0.39 is 5.82 Å². The lowest BCUT2D eigenvalue weighted by Gasteiger charge is -1.92. The lowest BCUT2D eigenvalue weighted by molar-refractivity contribution is 0.0989. The summed E-state index contributed by atoms with van der Waals surface area (Å²) in [7, 11) is 0. The Bertz CT molecular complexity index is 516. The smallest absolute Gasteiger partial charge is 0.194 e. The summed E-state index contributed by atoms with van der Waals surface area (Å²) in [6, 6.07) is 3.90. The third-order valence-electron chi connectivity index (χ3n) is 1.88. The summed E-state index contributed by atoms with van der Waals surface area (Å²) in [5.74, 6) is -0.469. The van der Waals surface area contributed by atoms with Gasteiger partial charge in [0.1, 0.15) is 5.82 Å². The summed E-state index contributed by atoms with van der Waals surface area (Å²) in [5.41, 5.74) is 0.346. The SMILES string of the molecule is CC(=O)c1cc2cc(F)cc(Cl)c2o1. The van der Waals surface area contributed by atoms with Crippen molar-refractivity contribution >= 4 is 28.4 Å². The Morgan fingerprint density at radius 1 is 1.43 bits per heavy atom. The molecule has 72 valence electrons. The molecular weight excluding hydrogens is 207 g/mol. The van der Waals surface area contributed by atoms with Crippen molar-refractivity contribution in [1.82, 2.24) is 0 Å². The van der Waals surface area contributed by atoms with Crippen molar-refractivity contribution in [2.45, 2.75) is 6.92 Å². The zero-order valence-electron chi connectivity index (χ0n) is 7.30. The van der Waals surface area contributed by atoms with E-state index in [2.05, 4.69) is 0 Å². The molecule has 0 aliphatic heterocycles. The summed E-state index contributed by atoms with van der Waals surface area (Å²) in [6.07, 6.45) is 0. The molecule has 0 saturated heterocycles. The molecule has 0 aliphatic rings. The van der Waals surface area contributed by atoms with Crippen LogP contribution in [0.2, 0.25) is 5.02 Å². The van der Waals surface area contributed by atoms with Crippen LogP contribution in [0.3, 0.4) is 0 Å². The average Bonchev–Trinajstić information content (AvgIpc) is 2.47. The fourth-order valence-electron chi connectivity index (χ4n) is 1.25. The standard InChI is InChI=1S/C10H6ClFO2/c1-5(13)9-3-6-2-7(12)4-8(11)10(6)14-9/h2-4H,1H3. The minimum absolute atomic E-state index is 0.174. The Morgan fingerprint density at radius 3 is 2.79 bits per heavy atom. The largest absolute Gasteiger partial charge is 0.451 e. The number of carbonyl (C=O) groups excluding carboxylic acids is 1. The van der Waals surface area contributed by atoms with E-state index in [1.807, 2.05) is 0 Å². The Kier molecular flexibility index (Phi) is 2.04. The maximum absolute atomic E-state index is 12.9. The maximum Gasteiger partial charge on any atom is 0.194 e. The number of benzene rings is 1. The van der Waals surface area contributed by atoms with Gasteiger partial charge in [-0.05, 0) is 18.2 Å². The van der Waals surface area contributed by atoms with E-state index >= 15 is 0 Å². The number of Topliss-reactive ketones (excluding diaryl/α,β-unsaturated/α-hetero) is 1. The second-order valence-electron chi connectivity index (χ2n) is 2.97. The van der Waals surface area contributed by atoms with Gasteiger partial charge < -0.3 is 4.42 Å². The Morgan fingerprint density at radius 2 is 2.14 bits per heavy atom. The van der Waals surface area contributed by atoms with Crippen LogP contribution in [-0.2, 0) is 0 Å². The minimum atomic E-state index is -0.446. The Hall–Kier alpha value is -1.35. The van der Waals surface area contributed by atoms with E-state index in [1.165, 1.54) is 19.1 Å². The molecule has 0 spiro atoms. The van der Waals surface area contributed by atoms with Crippen molar-refractivity contribution in [2.24, 2.45) is 0 Å². The molecule has 4 heteroatoms. The van der Waals surface area contributed by atoms with Gasteiger partial charge in [-0.2, -0.15) is 0 Å². The average molecular weight is 213 g/mol. The molecule has 0 aliphatic carbocycles. The van der Waals surface area contributed by atoms with Crippen molar-refractivity contribution in [3.05, 3.63) is 34.8 Å². The van der Waals surface area contributed by atoms with E-state index in [4.69, 9.17) is 16.0 Å². The van der Waals surface area contributed by atoms with E-state index in [0.717, 1.165) is 6.07 Å². The highest BCUT2D eigenvalue weighted by molar-refractivity contribution is 6.34. The summed E-state index contributed by atoms with van der Waals surface area (Å²) in [5, 5.41) is 0.674. The molecule has 0 radical (unpaired) electrons. The molecule has 1 aromatic carbocycles. The topological polar surface area (TPSA) is 30.2 Å². The molecule has 0 unspecified atom stereocenters. The van der Waals surface area contributed by atoms with Gasteiger partial charge in [-0.3, -0.25) is 4.79 Å². The number of carbonyl (C=O) groups is 1. The third kappa shape index (κ3) is 1.40. The van der Waals surface area contributed by atoms with E-state index in [9.17, 15) is 9.18 Å². The predicted octanol–water partition coefficient (Wildman–Crippen LogP) is 3.43.